The minimum Gasteiger partial charge on any atom is -0.309 e. The lowest BCUT2D eigenvalue weighted by Gasteiger charge is -2.40. The molecule has 4 aliphatic carbocycles. The zero-order valence-electron chi connectivity index (χ0n) is 36.8. The number of fused-ring (bicyclic) bond motifs is 16. The number of hydrogen-bond donors (Lipinski definition) is 0. The van der Waals surface area contributed by atoms with Crippen LogP contribution in [0.1, 0.15) is 124 Å². The van der Waals surface area contributed by atoms with Crippen molar-refractivity contribution in [2.45, 2.75) is 89.9 Å². The zero-order valence-corrected chi connectivity index (χ0v) is 36.8. The van der Waals surface area contributed by atoms with Crippen LogP contribution in [0, 0.1) is 0 Å². The first-order valence-corrected chi connectivity index (χ1v) is 22.4. The van der Waals surface area contributed by atoms with Crippen molar-refractivity contribution in [1.82, 2.24) is 0 Å². The van der Waals surface area contributed by atoms with Gasteiger partial charge in [-0.25, -0.2) is 0 Å². The highest BCUT2D eigenvalue weighted by Crippen LogP contribution is 2.62. The van der Waals surface area contributed by atoms with Crippen LogP contribution in [0.2, 0.25) is 0 Å². The monoisotopic (exact) mass is 785 g/mol. The van der Waals surface area contributed by atoms with Crippen LogP contribution in [0.4, 0.5) is 17.1 Å². The van der Waals surface area contributed by atoms with Gasteiger partial charge in [0.1, 0.15) is 0 Å². The van der Waals surface area contributed by atoms with Gasteiger partial charge < -0.3 is 4.90 Å². The summed E-state index contributed by atoms with van der Waals surface area (Å²) in [5.41, 5.74) is 28.6. The first-order chi connectivity index (χ1) is 29.2. The van der Waals surface area contributed by atoms with Crippen molar-refractivity contribution in [3.63, 3.8) is 0 Å². The molecule has 0 saturated carbocycles. The molecule has 0 bridgehead atoms. The largest absolute Gasteiger partial charge is 0.309 e. The van der Waals surface area contributed by atoms with Crippen molar-refractivity contribution in [1.29, 1.82) is 0 Å². The van der Waals surface area contributed by atoms with Crippen LogP contribution in [0.15, 0.2) is 140 Å². The Kier molecular flexibility index (Phi) is 6.53. The first-order valence-electron chi connectivity index (χ1n) is 22.4. The van der Waals surface area contributed by atoms with Gasteiger partial charge in [0.15, 0.2) is 0 Å². The Morgan fingerprint density at radius 3 is 1.20 bits per heavy atom. The second-order valence-corrected chi connectivity index (χ2v) is 20.9. The van der Waals surface area contributed by atoms with Crippen LogP contribution in [0.3, 0.4) is 0 Å². The Labute approximate surface area is 360 Å². The molecule has 0 radical (unpaired) electrons. The van der Waals surface area contributed by atoms with E-state index in [1.54, 1.807) is 0 Å². The second-order valence-electron chi connectivity index (χ2n) is 20.9. The van der Waals surface area contributed by atoms with Crippen molar-refractivity contribution in [2.24, 2.45) is 0 Å². The van der Waals surface area contributed by atoms with E-state index >= 15 is 0 Å². The standard InChI is InChI=1S/C60H51N/c1-33-39-26-41-34-18-12-15-23-45(34)58(4,5)50(41)30-54(39)61(55-31-51-42(27-40(33)55)35-19-13-16-24-46(35)59(51,6)7)53-32-52-56(38-22-11-10-21-37(38)53)44-29-48-43(28-49(44)60(52,8)9)36-20-14-17-25-47(36)57(48,2)3/h10-33H,1-9H3. The summed E-state index contributed by atoms with van der Waals surface area (Å²) in [4.78, 5) is 2.70. The Balaban J connectivity index is 1.11. The summed E-state index contributed by atoms with van der Waals surface area (Å²) in [6.07, 6.45) is 0. The third kappa shape index (κ3) is 4.19. The van der Waals surface area contributed by atoms with E-state index in [1.165, 1.54) is 128 Å². The summed E-state index contributed by atoms with van der Waals surface area (Å²) in [6, 6.07) is 54.6. The van der Waals surface area contributed by atoms with Crippen molar-refractivity contribution in [3.8, 4) is 44.5 Å². The lowest BCUT2D eigenvalue weighted by molar-refractivity contribution is 0.652. The van der Waals surface area contributed by atoms with E-state index in [0.717, 1.165) is 0 Å². The molecule has 5 aliphatic rings. The quantitative estimate of drug-likeness (QED) is 0.160. The zero-order chi connectivity index (χ0) is 41.7. The van der Waals surface area contributed by atoms with Crippen molar-refractivity contribution in [3.05, 3.63) is 195 Å². The smallest absolute Gasteiger partial charge is 0.0543 e. The fourth-order valence-electron chi connectivity index (χ4n) is 13.1. The predicted molar refractivity (Wildman–Crippen MR) is 256 cm³/mol. The van der Waals surface area contributed by atoms with Gasteiger partial charge in [0.2, 0.25) is 0 Å². The molecule has 1 heterocycles. The molecule has 296 valence electrons. The van der Waals surface area contributed by atoms with E-state index in [0.29, 0.717) is 0 Å². The van der Waals surface area contributed by atoms with Gasteiger partial charge in [-0.1, -0.05) is 159 Å². The number of hydrogen-bond acceptors (Lipinski definition) is 1. The molecule has 1 nitrogen and oxygen atoms in total. The molecule has 8 aromatic rings. The first kappa shape index (κ1) is 35.6. The Morgan fingerprint density at radius 2 is 0.689 bits per heavy atom. The van der Waals surface area contributed by atoms with Gasteiger partial charge in [0.05, 0.1) is 17.1 Å². The van der Waals surface area contributed by atoms with E-state index in [2.05, 4.69) is 207 Å². The van der Waals surface area contributed by atoms with E-state index in [4.69, 9.17) is 0 Å². The predicted octanol–water partition coefficient (Wildman–Crippen LogP) is 16.0. The molecular weight excluding hydrogens is 735 g/mol. The molecule has 0 spiro atoms. The summed E-state index contributed by atoms with van der Waals surface area (Å²) in [6.45, 7) is 21.9. The molecule has 8 aromatic carbocycles. The average Bonchev–Trinajstić information content (AvgIpc) is 3.82. The third-order valence-electron chi connectivity index (χ3n) is 16.5. The van der Waals surface area contributed by atoms with Gasteiger partial charge in [0, 0.05) is 33.0 Å². The lowest BCUT2D eigenvalue weighted by atomic mass is 9.77. The summed E-state index contributed by atoms with van der Waals surface area (Å²) in [7, 11) is 0. The summed E-state index contributed by atoms with van der Waals surface area (Å²) in [5.74, 6) is 0.207. The van der Waals surface area contributed by atoms with Gasteiger partial charge in [0.25, 0.3) is 0 Å². The molecule has 1 heteroatoms. The van der Waals surface area contributed by atoms with E-state index in [9.17, 15) is 0 Å². The highest BCUT2D eigenvalue weighted by Gasteiger charge is 2.45. The summed E-state index contributed by atoms with van der Waals surface area (Å²) < 4.78 is 0. The molecule has 1 aliphatic heterocycles. The normalized spacial score (nSPS) is 18.0. The Hall–Kier alpha value is -6.18. The lowest BCUT2D eigenvalue weighted by Crippen LogP contribution is -2.24. The van der Waals surface area contributed by atoms with Crippen molar-refractivity contribution in [2.75, 3.05) is 4.90 Å². The van der Waals surface area contributed by atoms with Crippen LogP contribution in [0.25, 0.3) is 55.3 Å². The average molecular weight is 786 g/mol. The van der Waals surface area contributed by atoms with E-state index in [1.807, 2.05) is 0 Å². The Bertz CT molecular complexity index is 3210. The fraction of sp³-hybridized carbons (Fsp3) is 0.233. The molecule has 0 aromatic heterocycles. The van der Waals surface area contributed by atoms with Crippen LogP contribution in [-0.2, 0) is 21.7 Å². The van der Waals surface area contributed by atoms with Crippen LogP contribution < -0.4 is 4.90 Å². The summed E-state index contributed by atoms with van der Waals surface area (Å²) in [5, 5.41) is 2.63. The number of nitrogens with zero attached hydrogens (tertiary/aromatic N) is 1. The van der Waals surface area contributed by atoms with Crippen LogP contribution in [0.5, 0.6) is 0 Å². The van der Waals surface area contributed by atoms with Crippen LogP contribution in [-0.4, -0.2) is 0 Å². The minimum atomic E-state index is -0.210. The van der Waals surface area contributed by atoms with Crippen LogP contribution >= 0.6 is 0 Å². The fourth-order valence-corrected chi connectivity index (χ4v) is 13.1. The molecule has 0 atom stereocenters. The maximum Gasteiger partial charge on any atom is 0.0543 e. The molecule has 0 unspecified atom stereocenters. The number of rotatable bonds is 1. The number of benzene rings is 8. The van der Waals surface area contributed by atoms with Gasteiger partial charge in [-0.2, -0.15) is 0 Å². The maximum absolute atomic E-state index is 2.70. The molecule has 0 saturated heterocycles. The van der Waals surface area contributed by atoms with Gasteiger partial charge >= 0.3 is 0 Å². The van der Waals surface area contributed by atoms with Crippen molar-refractivity contribution >= 4 is 27.8 Å². The van der Waals surface area contributed by atoms with E-state index < -0.39 is 0 Å². The second kappa shape index (κ2) is 11.2. The van der Waals surface area contributed by atoms with Gasteiger partial charge in [-0.15, -0.1) is 0 Å². The highest BCUT2D eigenvalue weighted by molar-refractivity contribution is 6.11. The number of anilines is 3. The summed E-state index contributed by atoms with van der Waals surface area (Å²) >= 11 is 0. The molecule has 13 rings (SSSR count). The highest BCUT2D eigenvalue weighted by atomic mass is 15.2. The Morgan fingerprint density at radius 1 is 0.328 bits per heavy atom. The molecule has 61 heavy (non-hydrogen) atoms. The van der Waals surface area contributed by atoms with Crippen molar-refractivity contribution < 1.29 is 0 Å². The molecular formula is C60H51N. The maximum atomic E-state index is 2.70. The van der Waals surface area contributed by atoms with Gasteiger partial charge in [-0.3, -0.25) is 0 Å². The molecule has 0 amide bonds. The molecule has 0 N–H and O–H groups in total. The van der Waals surface area contributed by atoms with Gasteiger partial charge in [-0.05, 0) is 148 Å². The topological polar surface area (TPSA) is 3.24 Å². The molecule has 0 fully saturated rings. The SMILES string of the molecule is CC1c2cc3c(cc2N(c2cc4c(c5ccccc25)-c2cc5c(cc2C4(C)C)-c2ccccc2C5(C)C)c2cc4c(cc21)-c1ccccc1C4(C)C)C(C)(C)c1ccccc1-3. The minimum absolute atomic E-state index is 0.0666. The van der Waals surface area contributed by atoms with E-state index in [-0.39, 0.29) is 27.6 Å². The third-order valence-corrected chi connectivity index (χ3v) is 16.5.